The molecule has 0 N–H and O–H groups in total. The van der Waals surface area contributed by atoms with E-state index in [1.807, 2.05) is 0 Å². The van der Waals surface area contributed by atoms with E-state index in [1.54, 1.807) is 11.1 Å². The molecule has 0 aliphatic heterocycles. The van der Waals surface area contributed by atoms with E-state index >= 15 is 0 Å². The quantitative estimate of drug-likeness (QED) is 0.162. The second-order valence-corrected chi connectivity index (χ2v) is 19.8. The predicted octanol–water partition coefficient (Wildman–Crippen LogP) is 16.5. The van der Waals surface area contributed by atoms with Gasteiger partial charge in [0.2, 0.25) is 0 Å². The molecule has 5 aliphatic carbocycles. The van der Waals surface area contributed by atoms with E-state index in [9.17, 15) is 0 Å². The average Bonchev–Trinajstić information content (AvgIpc) is 3.82. The van der Waals surface area contributed by atoms with Crippen molar-refractivity contribution in [1.29, 1.82) is 0 Å². The highest BCUT2D eigenvalue weighted by molar-refractivity contribution is 6.18. The van der Waals surface area contributed by atoms with Crippen LogP contribution in [0.2, 0.25) is 0 Å². The lowest BCUT2D eigenvalue weighted by atomic mass is 9.36. The molecule has 5 atom stereocenters. The lowest BCUT2D eigenvalue weighted by Crippen LogP contribution is -2.62. The minimum Gasteiger partial charge on any atom is -0.309 e. The number of benzene rings is 8. The van der Waals surface area contributed by atoms with Gasteiger partial charge in [0.25, 0.3) is 0 Å². The lowest BCUT2D eigenvalue weighted by molar-refractivity contribution is -0.149. The maximum Gasteiger partial charge on any atom is 0.0562 e. The van der Waals surface area contributed by atoms with Crippen molar-refractivity contribution in [3.63, 3.8) is 0 Å². The Bertz CT molecular complexity index is 3260. The fraction of sp³-hybridized carbons (Fsp3) is 0.246. The van der Waals surface area contributed by atoms with Crippen LogP contribution < -0.4 is 4.90 Å². The molecule has 5 unspecified atom stereocenters. The smallest absolute Gasteiger partial charge is 0.0562 e. The first kappa shape index (κ1) is 36.1. The zero-order valence-corrected chi connectivity index (χ0v) is 35.9. The average molecular weight is 813 g/mol. The van der Waals surface area contributed by atoms with Gasteiger partial charge in [0, 0.05) is 32.9 Å². The minimum absolute atomic E-state index is 0.147. The van der Waals surface area contributed by atoms with E-state index in [2.05, 4.69) is 185 Å². The molecule has 0 amide bonds. The number of hydrogen-bond acceptors (Lipinski definition) is 1. The van der Waals surface area contributed by atoms with Gasteiger partial charge < -0.3 is 9.47 Å². The van der Waals surface area contributed by atoms with Gasteiger partial charge in [0.1, 0.15) is 0 Å². The van der Waals surface area contributed by atoms with E-state index in [4.69, 9.17) is 0 Å². The molecule has 0 saturated heterocycles. The third-order valence-corrected chi connectivity index (χ3v) is 17.1. The fourth-order valence-corrected chi connectivity index (χ4v) is 14.3. The van der Waals surface area contributed by atoms with Crippen molar-refractivity contribution in [2.45, 2.75) is 69.1 Å². The maximum atomic E-state index is 2.64. The zero-order valence-electron chi connectivity index (χ0n) is 35.9. The molecule has 14 rings (SSSR count). The van der Waals surface area contributed by atoms with Crippen molar-refractivity contribution >= 4 is 49.6 Å². The molecule has 2 nitrogen and oxygen atoms in total. The van der Waals surface area contributed by atoms with Crippen molar-refractivity contribution in [3.05, 3.63) is 193 Å². The molecular weight excluding hydrogens is 761 g/mol. The summed E-state index contributed by atoms with van der Waals surface area (Å²) in [5.74, 6) is 4.29. The number of aromatic nitrogens is 1. The van der Waals surface area contributed by atoms with Crippen molar-refractivity contribution in [3.8, 4) is 27.9 Å². The molecule has 8 aromatic carbocycles. The van der Waals surface area contributed by atoms with Gasteiger partial charge in [0.05, 0.1) is 22.4 Å². The summed E-state index contributed by atoms with van der Waals surface area (Å²) in [6, 6.07) is 67.5. The van der Waals surface area contributed by atoms with Crippen LogP contribution in [0.25, 0.3) is 60.5 Å². The molecule has 1 heterocycles. The molecule has 0 radical (unpaired) electrons. The summed E-state index contributed by atoms with van der Waals surface area (Å²) >= 11 is 0. The van der Waals surface area contributed by atoms with Gasteiger partial charge in [-0.05, 0) is 167 Å². The van der Waals surface area contributed by atoms with Gasteiger partial charge in [-0.3, -0.25) is 0 Å². The summed E-state index contributed by atoms with van der Waals surface area (Å²) in [5, 5.41) is 5.10. The second kappa shape index (κ2) is 13.8. The largest absolute Gasteiger partial charge is 0.309 e. The number of fused-ring (bicyclic) bond motifs is 10. The Labute approximate surface area is 370 Å². The first-order valence-corrected chi connectivity index (χ1v) is 24.0. The zero-order chi connectivity index (χ0) is 41.2. The summed E-state index contributed by atoms with van der Waals surface area (Å²) in [5.41, 5.74) is 17.7. The highest BCUT2D eigenvalue weighted by atomic mass is 15.1. The van der Waals surface area contributed by atoms with Crippen LogP contribution in [0.15, 0.2) is 176 Å². The molecule has 9 aromatic rings. The number of rotatable bonds is 6. The molecule has 5 aliphatic rings. The van der Waals surface area contributed by atoms with Crippen LogP contribution in [0, 0.1) is 23.7 Å². The van der Waals surface area contributed by atoms with Gasteiger partial charge in [-0.15, -0.1) is 0 Å². The summed E-state index contributed by atoms with van der Waals surface area (Å²) in [7, 11) is 0. The van der Waals surface area contributed by atoms with E-state index in [0.29, 0.717) is 5.92 Å². The Morgan fingerprint density at radius 3 is 2.10 bits per heavy atom. The number of anilines is 3. The molecular formula is C61H52N2. The molecule has 0 bridgehead atoms. The van der Waals surface area contributed by atoms with Crippen LogP contribution in [0.5, 0.6) is 0 Å². The van der Waals surface area contributed by atoms with Crippen molar-refractivity contribution < 1.29 is 0 Å². The lowest BCUT2D eigenvalue weighted by Gasteiger charge is -2.68. The van der Waals surface area contributed by atoms with Gasteiger partial charge in [-0.25, -0.2) is 0 Å². The van der Waals surface area contributed by atoms with Gasteiger partial charge in [-0.2, -0.15) is 0 Å². The number of nitrogens with zero attached hydrogens (tertiary/aromatic N) is 2. The van der Waals surface area contributed by atoms with Crippen LogP contribution in [0.3, 0.4) is 0 Å². The van der Waals surface area contributed by atoms with Crippen molar-refractivity contribution in [1.82, 2.24) is 4.57 Å². The Morgan fingerprint density at radius 1 is 0.492 bits per heavy atom. The molecule has 306 valence electrons. The molecule has 2 heteroatoms. The third kappa shape index (κ3) is 5.13. The molecule has 1 aromatic heterocycles. The highest BCUT2D eigenvalue weighted by Gasteiger charge is 2.65. The Balaban J connectivity index is 0.964. The van der Waals surface area contributed by atoms with Crippen LogP contribution in [0.1, 0.15) is 80.4 Å². The number of para-hydroxylation sites is 2. The Kier molecular flexibility index (Phi) is 7.92. The topological polar surface area (TPSA) is 8.17 Å². The first-order chi connectivity index (χ1) is 31.2. The van der Waals surface area contributed by atoms with E-state index < -0.39 is 0 Å². The minimum atomic E-state index is 0.147. The maximum absolute atomic E-state index is 2.64. The van der Waals surface area contributed by atoms with E-state index in [1.165, 1.54) is 141 Å². The van der Waals surface area contributed by atoms with Crippen LogP contribution in [0.4, 0.5) is 17.1 Å². The second-order valence-electron chi connectivity index (χ2n) is 19.8. The van der Waals surface area contributed by atoms with Gasteiger partial charge in [0.15, 0.2) is 0 Å². The molecule has 63 heavy (non-hydrogen) atoms. The summed E-state index contributed by atoms with van der Waals surface area (Å²) < 4.78 is 2.44. The van der Waals surface area contributed by atoms with Gasteiger partial charge in [-0.1, -0.05) is 141 Å². The summed E-state index contributed by atoms with van der Waals surface area (Å²) in [6.07, 6.45) is 12.2. The van der Waals surface area contributed by atoms with Crippen LogP contribution in [-0.4, -0.2) is 4.57 Å². The highest BCUT2D eigenvalue weighted by Crippen LogP contribution is 2.73. The SMILES string of the molecule is c1ccc(-n2c3ccccc3c3c(N(c4ccc(C5CCCCC5)cc4)c4cccc5c(-c6ccc7c(c6)C6(CCC8CC9CC6C89)c6ccccc6-7)cccc45)cccc32)cc1. The fourth-order valence-electron chi connectivity index (χ4n) is 14.3. The van der Waals surface area contributed by atoms with E-state index in [-0.39, 0.29) is 5.41 Å². The third-order valence-electron chi connectivity index (χ3n) is 17.1. The molecule has 1 spiro atoms. The van der Waals surface area contributed by atoms with Crippen LogP contribution in [-0.2, 0) is 5.41 Å². The van der Waals surface area contributed by atoms with Gasteiger partial charge >= 0.3 is 0 Å². The standard InChI is InChI=1S/C61H52N2/c1-3-14-39(15-4-1)40-28-31-45(32-29-40)63(58-27-13-26-57-60(58)51-19-8-10-24-56(51)62(57)44-16-5-2-6-17-44)55-25-12-21-47-46(20-11-22-50(47)55)41-30-33-49-48-18-7-9-23-52(48)61(53(49)37-41)35-34-42-36-43-38-54(61)59(42)43/h2,5-13,16-33,37,39,42-43,54,59H,1,3-4,14-15,34-36,38H2. The molecule has 4 saturated carbocycles. The normalized spacial score (nSPS) is 23.3. The van der Waals surface area contributed by atoms with Crippen molar-refractivity contribution in [2.24, 2.45) is 23.7 Å². The van der Waals surface area contributed by atoms with Crippen molar-refractivity contribution in [2.75, 3.05) is 4.90 Å². The summed E-state index contributed by atoms with van der Waals surface area (Å²) in [6.45, 7) is 0. The molecule has 4 fully saturated rings. The van der Waals surface area contributed by atoms with Crippen LogP contribution >= 0.6 is 0 Å². The Morgan fingerprint density at radius 2 is 1.21 bits per heavy atom. The predicted molar refractivity (Wildman–Crippen MR) is 263 cm³/mol. The first-order valence-electron chi connectivity index (χ1n) is 24.0. The van der Waals surface area contributed by atoms with E-state index in [0.717, 1.165) is 23.7 Å². The summed E-state index contributed by atoms with van der Waals surface area (Å²) in [4.78, 5) is 2.57. The monoisotopic (exact) mass is 812 g/mol. The Hall–Kier alpha value is -6.38. The number of hydrogen-bond donors (Lipinski definition) is 0.